The minimum absolute atomic E-state index is 0.217. The summed E-state index contributed by atoms with van der Waals surface area (Å²) >= 11 is 3.28. The number of nitrogens with one attached hydrogen (secondary N) is 1. The van der Waals surface area contributed by atoms with Crippen LogP contribution in [-0.4, -0.2) is 42.3 Å². The molecule has 9 heteroatoms. The lowest BCUT2D eigenvalue weighted by molar-refractivity contribution is -0.140. The van der Waals surface area contributed by atoms with E-state index in [1.807, 2.05) is 0 Å². The standard InChI is InChI=1S/C18H14BrN3O5/c1-27-14-7-5-13(6-8-14)22-17(25)16(24)21(18(22)26)10-15(23)20-12-4-2-3-11(19)9-12/h2-9H,10H2,1H3,(H,20,23). The lowest BCUT2D eigenvalue weighted by Crippen LogP contribution is -2.39. The molecule has 8 nitrogen and oxygen atoms in total. The van der Waals surface area contributed by atoms with Crippen LogP contribution in [0.5, 0.6) is 5.75 Å². The van der Waals surface area contributed by atoms with E-state index in [0.29, 0.717) is 16.3 Å². The van der Waals surface area contributed by atoms with Crippen LogP contribution in [0.2, 0.25) is 0 Å². The Kier molecular flexibility index (Phi) is 5.22. The second-order valence-electron chi connectivity index (χ2n) is 5.57. The summed E-state index contributed by atoms with van der Waals surface area (Å²) in [5.41, 5.74) is 0.709. The summed E-state index contributed by atoms with van der Waals surface area (Å²) in [5.74, 6) is -2.13. The number of halogens is 1. The molecule has 2 aromatic carbocycles. The highest BCUT2D eigenvalue weighted by Gasteiger charge is 2.46. The molecule has 2 aromatic rings. The number of urea groups is 1. The van der Waals surface area contributed by atoms with Crippen LogP contribution >= 0.6 is 15.9 Å². The monoisotopic (exact) mass is 431 g/mol. The smallest absolute Gasteiger partial charge is 0.339 e. The molecular weight excluding hydrogens is 418 g/mol. The topological polar surface area (TPSA) is 96.0 Å². The van der Waals surface area contributed by atoms with Crippen molar-refractivity contribution in [1.82, 2.24) is 4.90 Å². The molecule has 0 bridgehead atoms. The Hall–Kier alpha value is -3.20. The van der Waals surface area contributed by atoms with Gasteiger partial charge >= 0.3 is 17.8 Å². The van der Waals surface area contributed by atoms with Crippen LogP contribution in [-0.2, 0) is 14.4 Å². The van der Waals surface area contributed by atoms with Crippen LogP contribution in [0.3, 0.4) is 0 Å². The van der Waals surface area contributed by atoms with E-state index in [0.717, 1.165) is 9.37 Å². The molecule has 0 aromatic heterocycles. The third-order valence-corrected chi connectivity index (χ3v) is 4.29. The fourth-order valence-electron chi connectivity index (χ4n) is 2.51. The minimum atomic E-state index is -1.06. The molecule has 138 valence electrons. The van der Waals surface area contributed by atoms with Gasteiger partial charge in [0, 0.05) is 10.2 Å². The molecule has 1 N–H and O–H groups in total. The number of carbonyl (C=O) groups is 4. The lowest BCUT2D eigenvalue weighted by Gasteiger charge is -2.15. The van der Waals surface area contributed by atoms with Crippen molar-refractivity contribution in [3.63, 3.8) is 0 Å². The molecule has 0 unspecified atom stereocenters. The van der Waals surface area contributed by atoms with Gasteiger partial charge in [0.05, 0.1) is 12.8 Å². The summed E-state index contributed by atoms with van der Waals surface area (Å²) in [7, 11) is 1.48. The van der Waals surface area contributed by atoms with Gasteiger partial charge in [0.15, 0.2) is 0 Å². The highest BCUT2D eigenvalue weighted by Crippen LogP contribution is 2.24. The van der Waals surface area contributed by atoms with Gasteiger partial charge in [-0.1, -0.05) is 22.0 Å². The summed E-state index contributed by atoms with van der Waals surface area (Å²) in [6.07, 6.45) is 0. The predicted molar refractivity (Wildman–Crippen MR) is 100 cm³/mol. The van der Waals surface area contributed by atoms with Crippen molar-refractivity contribution in [1.29, 1.82) is 0 Å². The van der Waals surface area contributed by atoms with Crippen molar-refractivity contribution in [3.05, 3.63) is 53.0 Å². The van der Waals surface area contributed by atoms with Crippen LogP contribution in [0.15, 0.2) is 53.0 Å². The Morgan fingerprint density at radius 3 is 2.41 bits per heavy atom. The maximum atomic E-state index is 12.5. The number of methoxy groups -OCH3 is 1. The summed E-state index contributed by atoms with van der Waals surface area (Å²) < 4.78 is 5.78. The van der Waals surface area contributed by atoms with Gasteiger partial charge in [-0.2, -0.15) is 0 Å². The number of amides is 5. The zero-order valence-electron chi connectivity index (χ0n) is 14.1. The molecule has 0 saturated carbocycles. The SMILES string of the molecule is COc1ccc(N2C(=O)C(=O)N(CC(=O)Nc3cccc(Br)c3)C2=O)cc1. The quantitative estimate of drug-likeness (QED) is 0.578. The first kappa shape index (κ1) is 18.6. The van der Waals surface area contributed by atoms with E-state index in [4.69, 9.17) is 4.74 Å². The fraction of sp³-hybridized carbons (Fsp3) is 0.111. The molecule has 27 heavy (non-hydrogen) atoms. The number of nitrogens with zero attached hydrogens (tertiary/aromatic N) is 2. The maximum absolute atomic E-state index is 12.5. The first-order valence-electron chi connectivity index (χ1n) is 7.80. The van der Waals surface area contributed by atoms with Crippen molar-refractivity contribution in [2.75, 3.05) is 23.9 Å². The van der Waals surface area contributed by atoms with Gasteiger partial charge in [-0.25, -0.2) is 14.6 Å². The molecule has 1 heterocycles. The van der Waals surface area contributed by atoms with Gasteiger partial charge in [-0.3, -0.25) is 14.4 Å². The molecule has 0 aliphatic carbocycles. The molecular formula is C18H14BrN3O5. The Morgan fingerprint density at radius 1 is 1.07 bits per heavy atom. The van der Waals surface area contributed by atoms with Crippen LogP contribution in [0.25, 0.3) is 0 Å². The molecule has 0 radical (unpaired) electrons. The van der Waals surface area contributed by atoms with E-state index in [-0.39, 0.29) is 5.69 Å². The molecule has 1 aliphatic rings. The van der Waals surface area contributed by atoms with Gasteiger partial charge in [0.2, 0.25) is 5.91 Å². The number of benzene rings is 2. The lowest BCUT2D eigenvalue weighted by atomic mass is 10.3. The third-order valence-electron chi connectivity index (χ3n) is 3.79. The van der Waals surface area contributed by atoms with Crippen LogP contribution in [0.1, 0.15) is 0 Å². The van der Waals surface area contributed by atoms with Gasteiger partial charge in [-0.15, -0.1) is 0 Å². The van der Waals surface area contributed by atoms with Crippen molar-refractivity contribution < 1.29 is 23.9 Å². The predicted octanol–water partition coefficient (Wildman–Crippen LogP) is 2.39. The van der Waals surface area contributed by atoms with E-state index in [9.17, 15) is 19.2 Å². The van der Waals surface area contributed by atoms with Gasteiger partial charge < -0.3 is 10.1 Å². The number of anilines is 2. The van der Waals surface area contributed by atoms with E-state index >= 15 is 0 Å². The molecule has 3 rings (SSSR count). The van der Waals surface area contributed by atoms with Crippen LogP contribution in [0, 0.1) is 0 Å². The van der Waals surface area contributed by atoms with Crippen molar-refractivity contribution in [2.24, 2.45) is 0 Å². The molecule has 1 saturated heterocycles. The van der Waals surface area contributed by atoms with Crippen LogP contribution in [0.4, 0.5) is 16.2 Å². The number of imide groups is 2. The van der Waals surface area contributed by atoms with Gasteiger partial charge in [0.25, 0.3) is 0 Å². The number of rotatable bonds is 5. The minimum Gasteiger partial charge on any atom is -0.497 e. The van der Waals surface area contributed by atoms with Gasteiger partial charge in [-0.05, 0) is 42.5 Å². The number of carbonyl (C=O) groups excluding carboxylic acids is 4. The summed E-state index contributed by atoms with van der Waals surface area (Å²) in [5, 5.41) is 2.57. The number of ether oxygens (including phenoxy) is 1. The fourth-order valence-corrected chi connectivity index (χ4v) is 2.91. The average Bonchev–Trinajstić information content (AvgIpc) is 2.85. The Labute approximate surface area is 162 Å². The zero-order chi connectivity index (χ0) is 19.6. The second-order valence-corrected chi connectivity index (χ2v) is 6.49. The van der Waals surface area contributed by atoms with E-state index in [1.165, 1.54) is 19.2 Å². The Balaban J connectivity index is 1.74. The first-order valence-corrected chi connectivity index (χ1v) is 8.59. The molecule has 0 spiro atoms. The van der Waals surface area contributed by atoms with E-state index in [2.05, 4.69) is 21.2 Å². The molecule has 5 amide bonds. The van der Waals surface area contributed by atoms with Crippen molar-refractivity contribution >= 4 is 51.1 Å². The summed E-state index contributed by atoms with van der Waals surface area (Å²) in [6, 6.07) is 12.0. The zero-order valence-corrected chi connectivity index (χ0v) is 15.7. The summed E-state index contributed by atoms with van der Waals surface area (Å²) in [6.45, 7) is -0.567. The highest BCUT2D eigenvalue weighted by molar-refractivity contribution is 9.10. The van der Waals surface area contributed by atoms with E-state index in [1.54, 1.807) is 36.4 Å². The largest absolute Gasteiger partial charge is 0.497 e. The van der Waals surface area contributed by atoms with Crippen molar-refractivity contribution in [2.45, 2.75) is 0 Å². The molecule has 1 aliphatic heterocycles. The summed E-state index contributed by atoms with van der Waals surface area (Å²) in [4.78, 5) is 50.4. The Morgan fingerprint density at radius 2 is 1.78 bits per heavy atom. The van der Waals surface area contributed by atoms with E-state index < -0.39 is 30.3 Å². The third kappa shape index (κ3) is 3.82. The normalized spacial score (nSPS) is 13.9. The number of hydrogen-bond donors (Lipinski definition) is 1. The maximum Gasteiger partial charge on any atom is 0.339 e. The Bertz CT molecular complexity index is 929. The van der Waals surface area contributed by atoms with Crippen molar-refractivity contribution in [3.8, 4) is 5.75 Å². The van der Waals surface area contributed by atoms with Gasteiger partial charge in [0.1, 0.15) is 12.3 Å². The average molecular weight is 432 g/mol. The molecule has 1 fully saturated rings. The highest BCUT2D eigenvalue weighted by atomic mass is 79.9. The number of hydrogen-bond acceptors (Lipinski definition) is 5. The van der Waals surface area contributed by atoms with Crippen LogP contribution < -0.4 is 15.0 Å². The second kappa shape index (κ2) is 7.58. The molecule has 0 atom stereocenters. The first-order chi connectivity index (χ1) is 12.9.